The number of nitrogens with two attached hydrogens (primary N) is 1. The number of hydrogen-bond acceptors (Lipinski definition) is 3. The standard InChI is InChI=1S/C18H18N2S/c19-18(15-4-1-5-17-14(15)8-10-21-17)13-6-7-16-12(11-13)3-2-9-20-16/h2-3,6-11,15,18H,1,4-5,19H2. The Morgan fingerprint density at radius 2 is 2.19 bits per heavy atom. The van der Waals surface area contributed by atoms with Gasteiger partial charge in [-0.2, -0.15) is 0 Å². The summed E-state index contributed by atoms with van der Waals surface area (Å²) in [5.41, 5.74) is 10.4. The first-order valence-corrected chi connectivity index (χ1v) is 8.37. The molecule has 0 fully saturated rings. The summed E-state index contributed by atoms with van der Waals surface area (Å²) < 4.78 is 0. The highest BCUT2D eigenvalue weighted by molar-refractivity contribution is 7.10. The fourth-order valence-corrected chi connectivity index (χ4v) is 4.43. The zero-order chi connectivity index (χ0) is 14.2. The number of aromatic nitrogens is 1. The highest BCUT2D eigenvalue weighted by Crippen LogP contribution is 2.41. The monoisotopic (exact) mass is 294 g/mol. The third-order valence-electron chi connectivity index (χ3n) is 4.54. The van der Waals surface area contributed by atoms with Gasteiger partial charge in [-0.15, -0.1) is 11.3 Å². The molecule has 1 aliphatic carbocycles. The molecule has 0 spiro atoms. The summed E-state index contributed by atoms with van der Waals surface area (Å²) in [6, 6.07) is 12.9. The van der Waals surface area contributed by atoms with Crippen molar-refractivity contribution >= 4 is 22.2 Å². The van der Waals surface area contributed by atoms with Crippen molar-refractivity contribution in [2.45, 2.75) is 31.2 Å². The summed E-state index contributed by atoms with van der Waals surface area (Å²) in [6.45, 7) is 0. The van der Waals surface area contributed by atoms with Gasteiger partial charge >= 0.3 is 0 Å². The van der Waals surface area contributed by atoms with E-state index < -0.39 is 0 Å². The fraction of sp³-hybridized carbons (Fsp3) is 0.278. The molecule has 21 heavy (non-hydrogen) atoms. The average molecular weight is 294 g/mol. The van der Waals surface area contributed by atoms with Crippen LogP contribution in [0.3, 0.4) is 0 Å². The van der Waals surface area contributed by atoms with Crippen LogP contribution in [0.1, 0.15) is 40.8 Å². The lowest BCUT2D eigenvalue weighted by molar-refractivity contribution is 0.479. The van der Waals surface area contributed by atoms with E-state index in [0.29, 0.717) is 5.92 Å². The number of hydrogen-bond donors (Lipinski definition) is 1. The van der Waals surface area contributed by atoms with Crippen molar-refractivity contribution in [2.24, 2.45) is 5.73 Å². The molecule has 0 saturated carbocycles. The summed E-state index contributed by atoms with van der Waals surface area (Å²) in [7, 11) is 0. The smallest absolute Gasteiger partial charge is 0.0702 e. The first-order chi connectivity index (χ1) is 10.3. The Hall–Kier alpha value is -1.71. The molecule has 3 aromatic rings. The van der Waals surface area contributed by atoms with Crippen molar-refractivity contribution in [2.75, 3.05) is 0 Å². The molecule has 1 aromatic carbocycles. The number of pyridine rings is 1. The topological polar surface area (TPSA) is 38.9 Å². The second kappa shape index (κ2) is 5.24. The van der Waals surface area contributed by atoms with Crippen LogP contribution in [0.2, 0.25) is 0 Å². The van der Waals surface area contributed by atoms with Crippen molar-refractivity contribution < 1.29 is 0 Å². The number of nitrogens with zero attached hydrogens (tertiary/aromatic N) is 1. The molecule has 2 unspecified atom stereocenters. The molecule has 0 aliphatic heterocycles. The molecule has 0 radical (unpaired) electrons. The van der Waals surface area contributed by atoms with E-state index >= 15 is 0 Å². The molecule has 2 nitrogen and oxygen atoms in total. The quantitative estimate of drug-likeness (QED) is 0.760. The molecule has 2 N–H and O–H groups in total. The SMILES string of the molecule is NC(c1ccc2ncccc2c1)C1CCCc2sccc21. The highest BCUT2D eigenvalue weighted by atomic mass is 32.1. The normalized spacial score (nSPS) is 19.4. The number of thiophene rings is 1. The molecule has 3 heteroatoms. The van der Waals surface area contributed by atoms with Crippen LogP contribution in [-0.4, -0.2) is 4.98 Å². The van der Waals surface area contributed by atoms with E-state index in [4.69, 9.17) is 5.73 Å². The lowest BCUT2D eigenvalue weighted by atomic mass is 9.80. The molecule has 0 saturated heterocycles. The second-order valence-corrected chi connectivity index (χ2v) is 6.78. The maximum absolute atomic E-state index is 6.62. The number of rotatable bonds is 2. The summed E-state index contributed by atoms with van der Waals surface area (Å²) >= 11 is 1.88. The van der Waals surface area contributed by atoms with E-state index in [1.807, 2.05) is 23.6 Å². The van der Waals surface area contributed by atoms with E-state index in [-0.39, 0.29) is 6.04 Å². The summed E-state index contributed by atoms with van der Waals surface area (Å²) in [5.74, 6) is 0.453. The van der Waals surface area contributed by atoms with E-state index in [0.717, 1.165) is 5.52 Å². The highest BCUT2D eigenvalue weighted by Gasteiger charge is 2.27. The lowest BCUT2D eigenvalue weighted by Gasteiger charge is -2.28. The zero-order valence-corrected chi connectivity index (χ0v) is 12.6. The Bertz CT molecular complexity index is 777. The van der Waals surface area contributed by atoms with Crippen LogP contribution in [0, 0.1) is 0 Å². The fourth-order valence-electron chi connectivity index (χ4n) is 3.43. The minimum Gasteiger partial charge on any atom is -0.323 e. The van der Waals surface area contributed by atoms with Gasteiger partial charge in [-0.3, -0.25) is 4.98 Å². The molecule has 4 rings (SSSR count). The molecule has 1 aliphatic rings. The third-order valence-corrected chi connectivity index (χ3v) is 5.54. The van der Waals surface area contributed by atoms with E-state index in [9.17, 15) is 0 Å². The lowest BCUT2D eigenvalue weighted by Crippen LogP contribution is -2.22. The zero-order valence-electron chi connectivity index (χ0n) is 11.8. The minimum atomic E-state index is 0.0725. The van der Waals surface area contributed by atoms with Gasteiger partial charge in [0.05, 0.1) is 5.52 Å². The van der Waals surface area contributed by atoms with Gasteiger partial charge in [0.1, 0.15) is 0 Å². The van der Waals surface area contributed by atoms with Crippen LogP contribution < -0.4 is 5.73 Å². The van der Waals surface area contributed by atoms with Crippen molar-refractivity contribution in [3.05, 3.63) is 64.0 Å². The summed E-state index contributed by atoms with van der Waals surface area (Å²) in [4.78, 5) is 5.91. The molecule has 2 atom stereocenters. The van der Waals surface area contributed by atoms with Crippen LogP contribution >= 0.6 is 11.3 Å². The van der Waals surface area contributed by atoms with Gasteiger partial charge in [-0.05, 0) is 60.0 Å². The van der Waals surface area contributed by atoms with E-state index in [1.54, 1.807) is 0 Å². The van der Waals surface area contributed by atoms with Gasteiger partial charge in [-0.1, -0.05) is 12.1 Å². The Morgan fingerprint density at radius 1 is 1.24 bits per heavy atom. The van der Waals surface area contributed by atoms with Gasteiger partial charge in [-0.25, -0.2) is 0 Å². The third kappa shape index (κ3) is 2.27. The number of benzene rings is 1. The Morgan fingerprint density at radius 3 is 3.14 bits per heavy atom. The van der Waals surface area contributed by atoms with Crippen LogP contribution in [-0.2, 0) is 6.42 Å². The van der Waals surface area contributed by atoms with Crippen LogP contribution in [0.5, 0.6) is 0 Å². The van der Waals surface area contributed by atoms with Crippen LogP contribution in [0.25, 0.3) is 10.9 Å². The van der Waals surface area contributed by atoms with Gasteiger partial charge in [0.2, 0.25) is 0 Å². The maximum atomic E-state index is 6.62. The van der Waals surface area contributed by atoms with Crippen molar-refractivity contribution in [1.82, 2.24) is 4.98 Å². The van der Waals surface area contributed by atoms with E-state index in [2.05, 4.69) is 40.7 Å². The van der Waals surface area contributed by atoms with Crippen molar-refractivity contribution in [3.8, 4) is 0 Å². The molecule has 2 heterocycles. The van der Waals surface area contributed by atoms with Gasteiger partial charge in [0.15, 0.2) is 0 Å². The van der Waals surface area contributed by atoms with E-state index in [1.165, 1.54) is 40.7 Å². The summed E-state index contributed by atoms with van der Waals surface area (Å²) in [6.07, 6.45) is 5.50. The van der Waals surface area contributed by atoms with Crippen LogP contribution in [0.15, 0.2) is 48.0 Å². The van der Waals surface area contributed by atoms with Gasteiger partial charge in [0, 0.05) is 28.4 Å². The first-order valence-electron chi connectivity index (χ1n) is 7.49. The van der Waals surface area contributed by atoms with Crippen molar-refractivity contribution in [3.63, 3.8) is 0 Å². The van der Waals surface area contributed by atoms with Crippen molar-refractivity contribution in [1.29, 1.82) is 0 Å². The summed E-state index contributed by atoms with van der Waals surface area (Å²) in [5, 5.41) is 3.38. The molecule has 0 amide bonds. The Kier molecular flexibility index (Phi) is 3.24. The molecule has 2 aromatic heterocycles. The molecule has 106 valence electrons. The average Bonchev–Trinajstić information content (AvgIpc) is 3.02. The molecular formula is C18H18N2S. The van der Waals surface area contributed by atoms with Crippen LogP contribution in [0.4, 0.5) is 0 Å². The van der Waals surface area contributed by atoms with Gasteiger partial charge < -0.3 is 5.73 Å². The minimum absolute atomic E-state index is 0.0725. The predicted molar refractivity (Wildman–Crippen MR) is 88.7 cm³/mol. The first kappa shape index (κ1) is 13.0. The molecular weight excluding hydrogens is 276 g/mol. The second-order valence-electron chi connectivity index (χ2n) is 5.78. The Balaban J connectivity index is 1.72. The maximum Gasteiger partial charge on any atom is 0.0702 e. The predicted octanol–water partition coefficient (Wildman–Crippen LogP) is 4.42. The van der Waals surface area contributed by atoms with Gasteiger partial charge in [0.25, 0.3) is 0 Å². The Labute approximate surface area is 128 Å². The largest absolute Gasteiger partial charge is 0.323 e. The number of aryl methyl sites for hydroxylation is 1. The molecule has 0 bridgehead atoms. The number of fused-ring (bicyclic) bond motifs is 2.